The van der Waals surface area contributed by atoms with E-state index in [4.69, 9.17) is 16.3 Å². The molecule has 0 saturated carbocycles. The van der Waals surface area contributed by atoms with Gasteiger partial charge in [0.05, 0.1) is 5.69 Å². The van der Waals surface area contributed by atoms with Crippen LogP contribution in [0, 0.1) is 0 Å². The Kier molecular flexibility index (Phi) is 4.05. The molecule has 2 aromatic heterocycles. The second-order valence-corrected chi connectivity index (χ2v) is 5.80. The lowest BCUT2D eigenvalue weighted by atomic mass is 10.1. The molecular formula is C13H14ClN3O2S. The molecule has 3 rings (SSSR count). The van der Waals surface area contributed by atoms with Crippen molar-refractivity contribution in [2.45, 2.75) is 18.9 Å². The normalized spacial score (nSPS) is 17.1. The first-order chi connectivity index (χ1) is 9.74. The van der Waals surface area contributed by atoms with E-state index in [1.807, 2.05) is 16.0 Å². The van der Waals surface area contributed by atoms with Crippen LogP contribution >= 0.6 is 22.9 Å². The van der Waals surface area contributed by atoms with E-state index in [2.05, 4.69) is 10.3 Å². The fourth-order valence-corrected chi connectivity index (χ4v) is 3.18. The molecule has 3 heterocycles. The highest BCUT2D eigenvalue weighted by Crippen LogP contribution is 2.22. The molecule has 0 radical (unpaired) electrons. The fourth-order valence-electron chi connectivity index (χ4n) is 2.17. The molecule has 0 aliphatic carbocycles. The summed E-state index contributed by atoms with van der Waals surface area (Å²) < 4.78 is 7.12. The van der Waals surface area contributed by atoms with Crippen molar-refractivity contribution in [3.05, 3.63) is 28.5 Å². The molecule has 2 aromatic rings. The van der Waals surface area contributed by atoms with Crippen LogP contribution in [0.15, 0.2) is 17.7 Å². The lowest BCUT2D eigenvalue weighted by molar-refractivity contribution is -0.117. The lowest BCUT2D eigenvalue weighted by Gasteiger charge is -2.22. The number of ether oxygens (including phenoxy) is 1. The number of carbonyl (C=O) groups is 1. The minimum atomic E-state index is -0.113. The number of amides is 1. The van der Waals surface area contributed by atoms with Gasteiger partial charge in [-0.1, -0.05) is 11.6 Å². The maximum Gasteiger partial charge on any atom is 0.244 e. The summed E-state index contributed by atoms with van der Waals surface area (Å²) in [5.74, 6) is -0.113. The molecular weight excluding hydrogens is 298 g/mol. The first-order valence-corrected chi connectivity index (χ1v) is 7.67. The van der Waals surface area contributed by atoms with Gasteiger partial charge >= 0.3 is 0 Å². The highest BCUT2D eigenvalue weighted by molar-refractivity contribution is 7.15. The molecule has 7 heteroatoms. The third-order valence-corrected chi connectivity index (χ3v) is 4.25. The van der Waals surface area contributed by atoms with Gasteiger partial charge in [-0.15, -0.1) is 11.3 Å². The van der Waals surface area contributed by atoms with Gasteiger partial charge in [-0.05, 0) is 18.9 Å². The monoisotopic (exact) mass is 311 g/mol. The number of hydrogen-bond acceptors (Lipinski definition) is 4. The van der Waals surface area contributed by atoms with Crippen molar-refractivity contribution >= 4 is 39.9 Å². The number of imidazole rings is 1. The summed E-state index contributed by atoms with van der Waals surface area (Å²) >= 11 is 7.56. The van der Waals surface area contributed by atoms with Gasteiger partial charge in [0.2, 0.25) is 5.91 Å². The van der Waals surface area contributed by atoms with Crippen LogP contribution in [0.25, 0.3) is 11.0 Å². The molecule has 1 saturated heterocycles. The number of thiazole rings is 1. The zero-order chi connectivity index (χ0) is 13.9. The number of aromatic nitrogens is 2. The minimum Gasteiger partial charge on any atom is -0.381 e. The Hall–Kier alpha value is -1.37. The van der Waals surface area contributed by atoms with Crippen LogP contribution in [0.2, 0.25) is 5.15 Å². The highest BCUT2D eigenvalue weighted by atomic mass is 35.5. The number of hydrogen-bond donors (Lipinski definition) is 1. The number of halogens is 1. The Bertz CT molecular complexity index is 643. The third kappa shape index (κ3) is 2.87. The molecule has 1 N–H and O–H groups in total. The summed E-state index contributed by atoms with van der Waals surface area (Å²) in [6.45, 7) is 1.41. The van der Waals surface area contributed by atoms with E-state index in [1.54, 1.807) is 6.08 Å². The summed E-state index contributed by atoms with van der Waals surface area (Å²) in [6.07, 6.45) is 6.81. The third-order valence-electron chi connectivity index (χ3n) is 3.21. The van der Waals surface area contributed by atoms with Crippen molar-refractivity contribution in [2.75, 3.05) is 13.2 Å². The zero-order valence-corrected chi connectivity index (χ0v) is 12.3. The van der Waals surface area contributed by atoms with Crippen LogP contribution < -0.4 is 5.32 Å². The van der Waals surface area contributed by atoms with Crippen LogP contribution in [0.4, 0.5) is 0 Å². The molecule has 20 heavy (non-hydrogen) atoms. The quantitative estimate of drug-likeness (QED) is 0.885. The fraction of sp³-hybridized carbons (Fsp3) is 0.385. The second-order valence-electron chi connectivity index (χ2n) is 4.57. The Labute approximate surface area is 125 Å². The SMILES string of the molecule is O=C(/C=C/c1c(Cl)nc2sccn12)NC1CCOCC1. The van der Waals surface area contributed by atoms with Gasteiger partial charge in [-0.3, -0.25) is 9.20 Å². The van der Waals surface area contributed by atoms with Crippen LogP contribution in [-0.4, -0.2) is 34.5 Å². The molecule has 106 valence electrons. The number of nitrogens with one attached hydrogen (secondary N) is 1. The average Bonchev–Trinajstić information content (AvgIpc) is 2.98. The van der Waals surface area contributed by atoms with E-state index in [0.717, 1.165) is 23.5 Å². The molecule has 0 unspecified atom stereocenters. The van der Waals surface area contributed by atoms with Crippen molar-refractivity contribution in [1.29, 1.82) is 0 Å². The Balaban J connectivity index is 1.68. The Morgan fingerprint density at radius 3 is 3.15 bits per heavy atom. The Morgan fingerprint density at radius 2 is 2.35 bits per heavy atom. The lowest BCUT2D eigenvalue weighted by Crippen LogP contribution is -2.37. The van der Waals surface area contributed by atoms with E-state index < -0.39 is 0 Å². The summed E-state index contributed by atoms with van der Waals surface area (Å²) in [4.78, 5) is 16.9. The van der Waals surface area contributed by atoms with Gasteiger partial charge in [-0.2, -0.15) is 0 Å². The van der Waals surface area contributed by atoms with Gasteiger partial charge in [0.15, 0.2) is 10.1 Å². The van der Waals surface area contributed by atoms with Crippen molar-refractivity contribution < 1.29 is 9.53 Å². The predicted molar refractivity (Wildman–Crippen MR) is 79.1 cm³/mol. The molecule has 5 nitrogen and oxygen atoms in total. The van der Waals surface area contributed by atoms with Gasteiger partial charge in [0.1, 0.15) is 0 Å². The molecule has 1 aliphatic rings. The van der Waals surface area contributed by atoms with E-state index in [9.17, 15) is 4.79 Å². The maximum absolute atomic E-state index is 11.9. The van der Waals surface area contributed by atoms with Crippen LogP contribution in [0.3, 0.4) is 0 Å². The van der Waals surface area contributed by atoms with Crippen LogP contribution in [0.5, 0.6) is 0 Å². The maximum atomic E-state index is 11.9. The predicted octanol–water partition coefficient (Wildman–Crippen LogP) is 2.36. The number of carbonyl (C=O) groups excluding carboxylic acids is 1. The minimum absolute atomic E-state index is 0.113. The number of fused-ring (bicyclic) bond motifs is 1. The summed E-state index contributed by atoms with van der Waals surface area (Å²) in [7, 11) is 0. The van der Waals surface area contributed by atoms with Crippen molar-refractivity contribution in [2.24, 2.45) is 0 Å². The average molecular weight is 312 g/mol. The smallest absolute Gasteiger partial charge is 0.244 e. The standard InChI is InChI=1S/C13H14ClN3O2S/c14-12-10(17-5-8-20-13(17)16-12)1-2-11(18)15-9-3-6-19-7-4-9/h1-2,5,8-9H,3-4,6-7H2,(H,15,18)/b2-1+. The second kappa shape index (κ2) is 5.95. The molecule has 1 amide bonds. The van der Waals surface area contributed by atoms with Gasteiger partial charge in [0.25, 0.3) is 0 Å². The summed E-state index contributed by atoms with van der Waals surface area (Å²) in [5, 5.41) is 5.30. The van der Waals surface area contributed by atoms with E-state index >= 15 is 0 Å². The van der Waals surface area contributed by atoms with Gasteiger partial charge in [-0.25, -0.2) is 4.98 Å². The van der Waals surface area contributed by atoms with E-state index in [0.29, 0.717) is 18.4 Å². The highest BCUT2D eigenvalue weighted by Gasteiger charge is 2.15. The van der Waals surface area contributed by atoms with E-state index in [1.165, 1.54) is 17.4 Å². The molecule has 1 fully saturated rings. The first kappa shape index (κ1) is 13.6. The van der Waals surface area contributed by atoms with Crippen molar-refractivity contribution in [1.82, 2.24) is 14.7 Å². The van der Waals surface area contributed by atoms with Crippen molar-refractivity contribution in [3.63, 3.8) is 0 Å². The zero-order valence-electron chi connectivity index (χ0n) is 10.7. The van der Waals surface area contributed by atoms with Gasteiger partial charge < -0.3 is 10.1 Å². The van der Waals surface area contributed by atoms with E-state index in [-0.39, 0.29) is 11.9 Å². The molecule has 0 atom stereocenters. The van der Waals surface area contributed by atoms with Crippen LogP contribution in [0.1, 0.15) is 18.5 Å². The largest absolute Gasteiger partial charge is 0.381 e. The molecule has 0 spiro atoms. The summed E-state index contributed by atoms with van der Waals surface area (Å²) in [6, 6.07) is 0.197. The molecule has 0 bridgehead atoms. The Morgan fingerprint density at radius 1 is 1.55 bits per heavy atom. The first-order valence-electron chi connectivity index (χ1n) is 6.41. The number of rotatable bonds is 3. The summed E-state index contributed by atoms with van der Waals surface area (Å²) in [5.41, 5.74) is 0.727. The molecule has 0 aromatic carbocycles. The topological polar surface area (TPSA) is 55.6 Å². The van der Waals surface area contributed by atoms with Gasteiger partial charge in [0, 0.05) is 36.9 Å². The number of nitrogens with zero attached hydrogens (tertiary/aromatic N) is 2. The molecule has 1 aliphatic heterocycles. The van der Waals surface area contributed by atoms with Crippen LogP contribution in [-0.2, 0) is 9.53 Å². The van der Waals surface area contributed by atoms with Crippen molar-refractivity contribution in [3.8, 4) is 0 Å².